The molecule has 5 heteroatoms. The Morgan fingerprint density at radius 2 is 2.08 bits per heavy atom. The Kier molecular flexibility index (Phi) is 5.33. The molecule has 0 radical (unpaired) electrons. The molecule has 2 N–H and O–H groups in total. The Hall–Kier alpha value is -1.30. The Bertz CT molecular complexity index is 554. The van der Waals surface area contributed by atoms with Crippen LogP contribution in [0.2, 0.25) is 0 Å². The fraction of sp³-hybridized carbons (Fsp3) is 0.684. The standard InChI is InChI=1S/C19H29NO4/c1-14(2)24-18-4-3-15(9-17(18)22)10-20-11-16(12-21)19(13-20)5-7-23-8-6-19/h3-4,9,14,16,21-22H,5-8,10-13H2,1-2H3. The molecule has 3 rings (SSSR count). The summed E-state index contributed by atoms with van der Waals surface area (Å²) >= 11 is 0. The van der Waals surface area contributed by atoms with E-state index >= 15 is 0 Å². The molecule has 2 aliphatic rings. The van der Waals surface area contributed by atoms with Crippen LogP contribution in [-0.2, 0) is 11.3 Å². The van der Waals surface area contributed by atoms with Crippen molar-refractivity contribution in [3.05, 3.63) is 23.8 Å². The number of aliphatic hydroxyl groups is 1. The van der Waals surface area contributed by atoms with E-state index in [1.54, 1.807) is 6.07 Å². The topological polar surface area (TPSA) is 62.2 Å². The molecule has 2 heterocycles. The van der Waals surface area contributed by atoms with Crippen LogP contribution in [0.4, 0.5) is 0 Å². The van der Waals surface area contributed by atoms with Gasteiger partial charge in [-0.25, -0.2) is 0 Å². The quantitative estimate of drug-likeness (QED) is 0.865. The van der Waals surface area contributed by atoms with Gasteiger partial charge in [0, 0.05) is 45.4 Å². The summed E-state index contributed by atoms with van der Waals surface area (Å²) in [6, 6.07) is 5.65. The molecule has 2 aliphatic heterocycles. The minimum atomic E-state index is 0.0408. The van der Waals surface area contributed by atoms with Gasteiger partial charge in [-0.2, -0.15) is 0 Å². The zero-order valence-corrected chi connectivity index (χ0v) is 14.7. The Labute approximate surface area is 144 Å². The van der Waals surface area contributed by atoms with Crippen molar-refractivity contribution in [1.29, 1.82) is 0 Å². The molecule has 0 amide bonds. The number of hydrogen-bond donors (Lipinski definition) is 2. The lowest BCUT2D eigenvalue weighted by Gasteiger charge is -2.37. The van der Waals surface area contributed by atoms with Gasteiger partial charge in [-0.05, 0) is 49.8 Å². The number of aromatic hydroxyl groups is 1. The Morgan fingerprint density at radius 3 is 2.71 bits per heavy atom. The summed E-state index contributed by atoms with van der Waals surface area (Å²) < 4.78 is 11.1. The van der Waals surface area contributed by atoms with Gasteiger partial charge < -0.3 is 19.7 Å². The van der Waals surface area contributed by atoms with Crippen LogP contribution in [-0.4, -0.2) is 54.1 Å². The Morgan fingerprint density at radius 1 is 1.33 bits per heavy atom. The predicted octanol–water partition coefficient (Wildman–Crippen LogP) is 2.40. The molecular weight excluding hydrogens is 306 g/mol. The lowest BCUT2D eigenvalue weighted by Crippen LogP contribution is -2.38. The molecular formula is C19H29NO4. The lowest BCUT2D eigenvalue weighted by molar-refractivity contribution is -0.0118. The number of nitrogens with zero attached hydrogens (tertiary/aromatic N) is 1. The van der Waals surface area contributed by atoms with Gasteiger partial charge in [-0.15, -0.1) is 0 Å². The van der Waals surface area contributed by atoms with Gasteiger partial charge in [0.1, 0.15) is 0 Å². The first-order chi connectivity index (χ1) is 11.5. The lowest BCUT2D eigenvalue weighted by atomic mass is 9.72. The highest BCUT2D eigenvalue weighted by molar-refractivity contribution is 5.41. The van der Waals surface area contributed by atoms with E-state index in [2.05, 4.69) is 4.90 Å². The molecule has 5 nitrogen and oxygen atoms in total. The number of aliphatic hydroxyl groups excluding tert-OH is 1. The van der Waals surface area contributed by atoms with Crippen LogP contribution in [0.3, 0.4) is 0 Å². The molecule has 1 unspecified atom stereocenters. The fourth-order valence-corrected chi connectivity index (χ4v) is 4.13. The summed E-state index contributed by atoms with van der Waals surface area (Å²) in [4.78, 5) is 2.39. The van der Waals surface area contributed by atoms with Crippen molar-refractivity contribution in [3.63, 3.8) is 0 Å². The van der Waals surface area contributed by atoms with Crippen molar-refractivity contribution in [2.75, 3.05) is 32.9 Å². The summed E-state index contributed by atoms with van der Waals surface area (Å²) in [5.41, 5.74) is 1.26. The van der Waals surface area contributed by atoms with Gasteiger partial charge in [0.05, 0.1) is 6.10 Å². The number of likely N-dealkylation sites (tertiary alicyclic amines) is 1. The smallest absolute Gasteiger partial charge is 0.161 e. The molecule has 1 atom stereocenters. The number of hydrogen-bond acceptors (Lipinski definition) is 5. The zero-order valence-electron chi connectivity index (χ0n) is 14.7. The maximum Gasteiger partial charge on any atom is 0.161 e. The third-order valence-corrected chi connectivity index (χ3v) is 5.38. The number of phenolic OH excluding ortho intramolecular Hbond substituents is 1. The van der Waals surface area contributed by atoms with E-state index < -0.39 is 0 Å². The summed E-state index contributed by atoms with van der Waals surface area (Å²) in [7, 11) is 0. The molecule has 1 aromatic carbocycles. The zero-order chi connectivity index (χ0) is 17.2. The molecule has 0 bridgehead atoms. The average molecular weight is 335 g/mol. The van der Waals surface area contributed by atoms with Gasteiger partial charge in [0.15, 0.2) is 11.5 Å². The normalized spacial score (nSPS) is 23.9. The molecule has 1 aromatic rings. The fourth-order valence-electron chi connectivity index (χ4n) is 4.13. The van der Waals surface area contributed by atoms with Crippen LogP contribution in [0, 0.1) is 11.3 Å². The van der Waals surface area contributed by atoms with Crippen LogP contribution in [0.1, 0.15) is 32.3 Å². The summed E-state index contributed by atoms with van der Waals surface area (Å²) in [6.45, 7) is 8.41. The predicted molar refractivity (Wildman–Crippen MR) is 92.2 cm³/mol. The first-order valence-corrected chi connectivity index (χ1v) is 8.92. The molecule has 1 spiro atoms. The number of benzene rings is 1. The highest BCUT2D eigenvalue weighted by Crippen LogP contribution is 2.44. The van der Waals surface area contributed by atoms with Crippen molar-refractivity contribution in [1.82, 2.24) is 4.90 Å². The van der Waals surface area contributed by atoms with Crippen LogP contribution in [0.5, 0.6) is 11.5 Å². The van der Waals surface area contributed by atoms with Gasteiger partial charge in [0.2, 0.25) is 0 Å². The van der Waals surface area contributed by atoms with E-state index in [-0.39, 0.29) is 23.9 Å². The maximum atomic E-state index is 10.2. The van der Waals surface area contributed by atoms with Crippen LogP contribution in [0.15, 0.2) is 18.2 Å². The SMILES string of the molecule is CC(C)Oc1ccc(CN2CC(CO)C3(CCOCC3)C2)cc1O. The van der Waals surface area contributed by atoms with Crippen LogP contribution in [0.25, 0.3) is 0 Å². The highest BCUT2D eigenvalue weighted by atomic mass is 16.5. The molecule has 0 aromatic heterocycles. The maximum absolute atomic E-state index is 10.2. The van der Waals surface area contributed by atoms with Gasteiger partial charge in [-0.1, -0.05) is 6.07 Å². The molecule has 2 fully saturated rings. The van der Waals surface area contributed by atoms with Crippen molar-refractivity contribution < 1.29 is 19.7 Å². The van der Waals surface area contributed by atoms with Crippen molar-refractivity contribution in [2.45, 2.75) is 39.3 Å². The molecule has 2 saturated heterocycles. The minimum absolute atomic E-state index is 0.0408. The molecule has 24 heavy (non-hydrogen) atoms. The summed E-state index contributed by atoms with van der Waals surface area (Å²) in [6.07, 6.45) is 2.10. The number of ether oxygens (including phenoxy) is 2. The van der Waals surface area contributed by atoms with E-state index in [1.165, 1.54) is 0 Å². The van der Waals surface area contributed by atoms with Gasteiger partial charge in [-0.3, -0.25) is 4.90 Å². The molecule has 134 valence electrons. The molecule has 0 saturated carbocycles. The third kappa shape index (κ3) is 3.68. The Balaban J connectivity index is 1.67. The highest BCUT2D eigenvalue weighted by Gasteiger charge is 2.46. The number of rotatable bonds is 5. The molecule has 0 aliphatic carbocycles. The van der Waals surface area contributed by atoms with Crippen LogP contribution >= 0.6 is 0 Å². The van der Waals surface area contributed by atoms with Gasteiger partial charge in [0.25, 0.3) is 0 Å². The second kappa shape index (κ2) is 7.30. The van der Waals surface area contributed by atoms with E-state index in [4.69, 9.17) is 9.47 Å². The average Bonchev–Trinajstić information content (AvgIpc) is 2.87. The van der Waals surface area contributed by atoms with E-state index in [1.807, 2.05) is 26.0 Å². The van der Waals surface area contributed by atoms with E-state index in [0.717, 1.165) is 51.3 Å². The first-order valence-electron chi connectivity index (χ1n) is 8.92. The third-order valence-electron chi connectivity index (χ3n) is 5.38. The minimum Gasteiger partial charge on any atom is -0.504 e. The van der Waals surface area contributed by atoms with Crippen LogP contribution < -0.4 is 4.74 Å². The van der Waals surface area contributed by atoms with Gasteiger partial charge >= 0.3 is 0 Å². The van der Waals surface area contributed by atoms with Crippen molar-refractivity contribution in [3.8, 4) is 11.5 Å². The summed E-state index contributed by atoms with van der Waals surface area (Å²) in [5.74, 6) is 1.04. The van der Waals surface area contributed by atoms with E-state index in [0.29, 0.717) is 11.7 Å². The monoisotopic (exact) mass is 335 g/mol. The second-order valence-corrected chi connectivity index (χ2v) is 7.49. The summed E-state index contributed by atoms with van der Waals surface area (Å²) in [5, 5.41) is 20.0. The first kappa shape index (κ1) is 17.5. The second-order valence-electron chi connectivity index (χ2n) is 7.49. The number of phenols is 1. The van der Waals surface area contributed by atoms with Crippen molar-refractivity contribution >= 4 is 0 Å². The van der Waals surface area contributed by atoms with Crippen molar-refractivity contribution in [2.24, 2.45) is 11.3 Å². The largest absolute Gasteiger partial charge is 0.504 e. The van der Waals surface area contributed by atoms with E-state index in [9.17, 15) is 10.2 Å².